The lowest BCUT2D eigenvalue weighted by Gasteiger charge is -2.12. The van der Waals surface area contributed by atoms with E-state index in [4.69, 9.17) is 0 Å². The molecule has 12 aromatic rings. The third kappa shape index (κ3) is 5.10. The predicted molar refractivity (Wildman–Crippen MR) is 244 cm³/mol. The molecular weight excluding hydrogens is 709 g/mol. The molecule has 3 heteroatoms. The van der Waals surface area contributed by atoms with E-state index in [1.165, 1.54) is 97.2 Å². The van der Waals surface area contributed by atoms with Crippen molar-refractivity contribution in [3.05, 3.63) is 206 Å². The molecule has 266 valence electrons. The zero-order valence-electron chi connectivity index (χ0n) is 30.9. The van der Waals surface area contributed by atoms with Crippen LogP contribution in [-0.2, 0) is 0 Å². The van der Waals surface area contributed by atoms with E-state index < -0.39 is 0 Å². The van der Waals surface area contributed by atoms with Gasteiger partial charge in [0.1, 0.15) is 0 Å². The molecule has 0 saturated carbocycles. The maximum Gasteiger partial charge on any atom is 0.0547 e. The molecule has 12 rings (SSSR count). The number of fused-ring (bicyclic) bond motifs is 9. The Morgan fingerprint density at radius 1 is 0.246 bits per heavy atom. The van der Waals surface area contributed by atoms with Gasteiger partial charge in [-0.3, -0.25) is 0 Å². The molecule has 0 fully saturated rings. The molecule has 0 aliphatic heterocycles. The van der Waals surface area contributed by atoms with Gasteiger partial charge in [-0.2, -0.15) is 0 Å². The summed E-state index contributed by atoms with van der Waals surface area (Å²) in [5, 5.41) is 7.67. The Balaban J connectivity index is 0.982. The number of benzene rings is 9. The lowest BCUT2D eigenvalue weighted by atomic mass is 10.0. The molecule has 0 saturated heterocycles. The van der Waals surface area contributed by atoms with Gasteiger partial charge < -0.3 is 9.13 Å². The standard InChI is InChI=1S/C54H34N2S/c1-2-11-35(12-3-1)36-21-26-41(27-22-36)55-50-19-8-5-16-44(50)48-32-38(25-30-51(48)55)39-23-28-45-43-15-4-7-18-49(43)56(52(45)33-39)42-14-10-13-37(31-42)40-24-29-47-46-17-6-9-20-53(46)57-54(47)34-40/h1-34H. The normalized spacial score (nSPS) is 11.9. The summed E-state index contributed by atoms with van der Waals surface area (Å²) in [7, 11) is 0. The van der Waals surface area contributed by atoms with Gasteiger partial charge in [-0.05, 0) is 100 Å². The zero-order chi connectivity index (χ0) is 37.5. The maximum atomic E-state index is 2.44. The number of hydrogen-bond donors (Lipinski definition) is 0. The summed E-state index contributed by atoms with van der Waals surface area (Å²) in [4.78, 5) is 0. The first kappa shape index (κ1) is 32.1. The largest absolute Gasteiger partial charge is 0.309 e. The summed E-state index contributed by atoms with van der Waals surface area (Å²) < 4.78 is 7.49. The number of rotatable bonds is 5. The van der Waals surface area contributed by atoms with Crippen molar-refractivity contribution in [1.29, 1.82) is 0 Å². The van der Waals surface area contributed by atoms with Crippen LogP contribution in [0.1, 0.15) is 0 Å². The average molecular weight is 743 g/mol. The van der Waals surface area contributed by atoms with Crippen LogP contribution in [0.3, 0.4) is 0 Å². The molecule has 9 aromatic carbocycles. The van der Waals surface area contributed by atoms with Crippen molar-refractivity contribution in [3.63, 3.8) is 0 Å². The van der Waals surface area contributed by atoms with E-state index in [2.05, 4.69) is 215 Å². The Morgan fingerprint density at radius 3 is 1.56 bits per heavy atom. The number of hydrogen-bond acceptors (Lipinski definition) is 1. The fourth-order valence-electron chi connectivity index (χ4n) is 9.02. The monoisotopic (exact) mass is 742 g/mol. The van der Waals surface area contributed by atoms with Gasteiger partial charge in [0.2, 0.25) is 0 Å². The van der Waals surface area contributed by atoms with Crippen LogP contribution in [0.2, 0.25) is 0 Å². The quantitative estimate of drug-likeness (QED) is 0.166. The fraction of sp³-hybridized carbons (Fsp3) is 0. The lowest BCUT2D eigenvalue weighted by Crippen LogP contribution is -1.95. The highest BCUT2D eigenvalue weighted by molar-refractivity contribution is 7.25. The van der Waals surface area contributed by atoms with E-state index in [0.29, 0.717) is 0 Å². The summed E-state index contributed by atoms with van der Waals surface area (Å²) in [6.45, 7) is 0. The number of aromatic nitrogens is 2. The summed E-state index contributed by atoms with van der Waals surface area (Å²) in [5.41, 5.74) is 14.4. The molecule has 0 bridgehead atoms. The van der Waals surface area contributed by atoms with Crippen molar-refractivity contribution in [2.24, 2.45) is 0 Å². The van der Waals surface area contributed by atoms with Crippen LogP contribution in [0.15, 0.2) is 206 Å². The minimum Gasteiger partial charge on any atom is -0.309 e. The molecular formula is C54H34N2S. The summed E-state index contributed by atoms with van der Waals surface area (Å²) >= 11 is 1.87. The van der Waals surface area contributed by atoms with Crippen molar-refractivity contribution >= 4 is 75.1 Å². The highest BCUT2D eigenvalue weighted by Gasteiger charge is 2.17. The molecule has 2 nitrogen and oxygen atoms in total. The summed E-state index contributed by atoms with van der Waals surface area (Å²) in [6.07, 6.45) is 0. The predicted octanol–water partition coefficient (Wildman–Crippen LogP) is 15.2. The van der Waals surface area contributed by atoms with Gasteiger partial charge in [0.15, 0.2) is 0 Å². The molecule has 0 aliphatic carbocycles. The van der Waals surface area contributed by atoms with Crippen LogP contribution in [0.25, 0.3) is 109 Å². The van der Waals surface area contributed by atoms with Crippen LogP contribution >= 0.6 is 11.3 Å². The van der Waals surface area contributed by atoms with Crippen LogP contribution in [0, 0.1) is 0 Å². The maximum absolute atomic E-state index is 2.44. The first-order valence-corrected chi connectivity index (χ1v) is 20.3. The first-order chi connectivity index (χ1) is 28.2. The van der Waals surface area contributed by atoms with Gasteiger partial charge in [-0.1, -0.05) is 140 Å². The molecule has 3 heterocycles. The van der Waals surface area contributed by atoms with E-state index in [-0.39, 0.29) is 0 Å². The highest BCUT2D eigenvalue weighted by Crippen LogP contribution is 2.40. The Labute approximate surface area is 333 Å². The van der Waals surface area contributed by atoms with Crippen LogP contribution < -0.4 is 0 Å². The van der Waals surface area contributed by atoms with Crippen LogP contribution in [0.5, 0.6) is 0 Å². The number of para-hydroxylation sites is 2. The molecule has 57 heavy (non-hydrogen) atoms. The van der Waals surface area contributed by atoms with Crippen LogP contribution in [0.4, 0.5) is 0 Å². The van der Waals surface area contributed by atoms with E-state index >= 15 is 0 Å². The second kappa shape index (κ2) is 12.7. The minimum absolute atomic E-state index is 1.16. The van der Waals surface area contributed by atoms with Gasteiger partial charge >= 0.3 is 0 Å². The van der Waals surface area contributed by atoms with Gasteiger partial charge in [-0.25, -0.2) is 0 Å². The van der Waals surface area contributed by atoms with Gasteiger partial charge in [-0.15, -0.1) is 11.3 Å². The van der Waals surface area contributed by atoms with Crippen molar-refractivity contribution < 1.29 is 0 Å². The Hall–Kier alpha value is -7.20. The third-order valence-corrected chi connectivity index (χ3v) is 12.9. The molecule has 0 atom stereocenters. The van der Waals surface area contributed by atoms with Crippen molar-refractivity contribution in [2.45, 2.75) is 0 Å². The fourth-order valence-corrected chi connectivity index (χ4v) is 10.2. The molecule has 3 aromatic heterocycles. The van der Waals surface area contributed by atoms with E-state index in [1.807, 2.05) is 11.3 Å². The van der Waals surface area contributed by atoms with Crippen molar-refractivity contribution in [1.82, 2.24) is 9.13 Å². The minimum atomic E-state index is 1.16. The summed E-state index contributed by atoms with van der Waals surface area (Å²) in [5.74, 6) is 0. The van der Waals surface area contributed by atoms with Crippen molar-refractivity contribution in [2.75, 3.05) is 0 Å². The van der Waals surface area contributed by atoms with E-state index in [9.17, 15) is 0 Å². The Morgan fingerprint density at radius 2 is 0.754 bits per heavy atom. The average Bonchev–Trinajstić information content (AvgIpc) is 3.94. The number of thiophene rings is 1. The van der Waals surface area contributed by atoms with E-state index in [0.717, 1.165) is 11.4 Å². The number of nitrogens with zero attached hydrogens (tertiary/aromatic N) is 2. The summed E-state index contributed by atoms with van der Waals surface area (Å²) in [6, 6.07) is 75.7. The molecule has 0 radical (unpaired) electrons. The van der Waals surface area contributed by atoms with Gasteiger partial charge in [0.25, 0.3) is 0 Å². The lowest BCUT2D eigenvalue weighted by molar-refractivity contribution is 1.18. The SMILES string of the molecule is c1ccc(-c2ccc(-n3c4ccccc4c4cc(-c5ccc6c7ccccc7n(-c7cccc(-c8ccc9c(c8)sc8ccccc89)c7)c6c5)ccc43)cc2)cc1. The molecule has 0 amide bonds. The first-order valence-electron chi connectivity index (χ1n) is 19.5. The van der Waals surface area contributed by atoms with Crippen molar-refractivity contribution in [3.8, 4) is 44.8 Å². The molecule has 0 spiro atoms. The van der Waals surface area contributed by atoms with E-state index in [1.54, 1.807) is 0 Å². The molecule has 0 N–H and O–H groups in total. The Bertz CT molecular complexity index is 3510. The molecule has 0 aliphatic rings. The second-order valence-electron chi connectivity index (χ2n) is 14.9. The van der Waals surface area contributed by atoms with Crippen LogP contribution in [-0.4, -0.2) is 9.13 Å². The Kier molecular flexibility index (Phi) is 7.13. The topological polar surface area (TPSA) is 9.86 Å². The smallest absolute Gasteiger partial charge is 0.0547 e. The molecule has 0 unspecified atom stereocenters. The third-order valence-electron chi connectivity index (χ3n) is 11.7. The highest BCUT2D eigenvalue weighted by atomic mass is 32.1. The van der Waals surface area contributed by atoms with Gasteiger partial charge in [0, 0.05) is 53.1 Å². The van der Waals surface area contributed by atoms with Gasteiger partial charge in [0.05, 0.1) is 22.1 Å². The zero-order valence-corrected chi connectivity index (χ0v) is 31.7. The second-order valence-corrected chi connectivity index (χ2v) is 16.0.